The Kier molecular flexibility index (Phi) is 5.14. The van der Waals surface area contributed by atoms with Gasteiger partial charge in [0.05, 0.1) is 5.75 Å². The first-order valence-electron chi connectivity index (χ1n) is 5.94. The van der Waals surface area contributed by atoms with Crippen molar-refractivity contribution in [2.24, 2.45) is 0 Å². The van der Waals surface area contributed by atoms with Crippen molar-refractivity contribution in [2.45, 2.75) is 24.2 Å². The molecule has 6 nitrogen and oxygen atoms in total. The predicted octanol–water partition coefficient (Wildman–Crippen LogP) is 2.27. The van der Waals surface area contributed by atoms with Crippen LogP contribution >= 0.6 is 11.8 Å². The lowest BCUT2D eigenvalue weighted by Gasteiger charge is -2.01. The fourth-order valence-corrected chi connectivity index (χ4v) is 2.37. The first-order valence-corrected chi connectivity index (χ1v) is 6.93. The molecule has 0 bridgehead atoms. The molecule has 0 aliphatic carbocycles. The van der Waals surface area contributed by atoms with E-state index in [4.69, 9.17) is 14.4 Å². The number of hydrogen-bond acceptors (Lipinski definition) is 6. The van der Waals surface area contributed by atoms with Crippen LogP contribution in [0.2, 0.25) is 0 Å². The molecule has 0 spiro atoms. The SMILES string of the molecule is Cc1ccccc1SCc1noc(COCC(=O)O)n1. The van der Waals surface area contributed by atoms with Crippen molar-refractivity contribution >= 4 is 17.7 Å². The molecule has 1 aromatic carbocycles. The lowest BCUT2D eigenvalue weighted by molar-refractivity contribution is -0.142. The zero-order valence-corrected chi connectivity index (χ0v) is 11.7. The van der Waals surface area contributed by atoms with E-state index in [0.717, 1.165) is 0 Å². The van der Waals surface area contributed by atoms with Crippen molar-refractivity contribution in [1.82, 2.24) is 10.1 Å². The molecule has 20 heavy (non-hydrogen) atoms. The molecule has 0 fully saturated rings. The van der Waals surface area contributed by atoms with Crippen LogP contribution in [-0.4, -0.2) is 27.8 Å². The van der Waals surface area contributed by atoms with Gasteiger partial charge in [-0.3, -0.25) is 0 Å². The maximum absolute atomic E-state index is 10.3. The average Bonchev–Trinajstić information content (AvgIpc) is 2.85. The molecular weight excluding hydrogens is 280 g/mol. The molecule has 2 rings (SSSR count). The molecule has 0 aliphatic rings. The van der Waals surface area contributed by atoms with Gasteiger partial charge < -0.3 is 14.4 Å². The number of ether oxygens (including phenoxy) is 1. The van der Waals surface area contributed by atoms with Crippen LogP contribution < -0.4 is 0 Å². The van der Waals surface area contributed by atoms with Crippen LogP contribution in [0.15, 0.2) is 33.7 Å². The molecule has 106 valence electrons. The number of hydrogen-bond donors (Lipinski definition) is 1. The van der Waals surface area contributed by atoms with Gasteiger partial charge in [-0.15, -0.1) is 11.8 Å². The molecule has 0 atom stereocenters. The Morgan fingerprint density at radius 1 is 1.45 bits per heavy atom. The van der Waals surface area contributed by atoms with Crippen molar-refractivity contribution < 1.29 is 19.2 Å². The fourth-order valence-electron chi connectivity index (χ4n) is 1.49. The summed E-state index contributed by atoms with van der Waals surface area (Å²) in [4.78, 5) is 15.6. The quantitative estimate of drug-likeness (QED) is 0.784. The number of benzene rings is 1. The standard InChI is InChI=1S/C13H14N2O4S/c1-9-4-2-3-5-10(9)20-8-11-14-12(19-15-11)6-18-7-13(16)17/h2-5H,6-8H2,1H3,(H,16,17). The number of carboxylic acid groups (broad SMARTS) is 1. The summed E-state index contributed by atoms with van der Waals surface area (Å²) >= 11 is 1.62. The topological polar surface area (TPSA) is 85.5 Å². The third-order valence-electron chi connectivity index (χ3n) is 2.41. The van der Waals surface area contributed by atoms with Crippen molar-refractivity contribution in [3.8, 4) is 0 Å². The van der Waals surface area contributed by atoms with Crippen LogP contribution in [0.25, 0.3) is 0 Å². The molecule has 1 aromatic heterocycles. The highest BCUT2D eigenvalue weighted by molar-refractivity contribution is 7.98. The number of rotatable bonds is 7. The monoisotopic (exact) mass is 294 g/mol. The molecule has 7 heteroatoms. The molecule has 0 amide bonds. The van der Waals surface area contributed by atoms with Gasteiger partial charge >= 0.3 is 5.97 Å². The molecule has 0 saturated carbocycles. The van der Waals surface area contributed by atoms with Gasteiger partial charge in [0.25, 0.3) is 5.89 Å². The molecule has 1 N–H and O–H groups in total. The van der Waals surface area contributed by atoms with E-state index in [1.807, 2.05) is 31.2 Å². The number of aryl methyl sites for hydroxylation is 1. The number of carboxylic acids is 1. The lowest BCUT2D eigenvalue weighted by atomic mass is 10.2. The van der Waals surface area contributed by atoms with Crippen LogP contribution in [0.3, 0.4) is 0 Å². The maximum Gasteiger partial charge on any atom is 0.329 e. The second-order valence-electron chi connectivity index (χ2n) is 4.05. The van der Waals surface area contributed by atoms with E-state index in [2.05, 4.69) is 10.1 Å². The van der Waals surface area contributed by atoms with Crippen molar-refractivity contribution in [3.63, 3.8) is 0 Å². The number of nitrogens with zero attached hydrogens (tertiary/aromatic N) is 2. The Morgan fingerprint density at radius 3 is 3.00 bits per heavy atom. The van der Waals surface area contributed by atoms with Gasteiger partial charge in [-0.2, -0.15) is 4.98 Å². The molecule has 0 aliphatic heterocycles. The van der Waals surface area contributed by atoms with Gasteiger partial charge in [-0.25, -0.2) is 4.79 Å². The summed E-state index contributed by atoms with van der Waals surface area (Å²) < 4.78 is 9.85. The van der Waals surface area contributed by atoms with E-state index in [-0.39, 0.29) is 19.1 Å². The summed E-state index contributed by atoms with van der Waals surface area (Å²) in [6.45, 7) is 1.67. The van der Waals surface area contributed by atoms with Gasteiger partial charge in [0.15, 0.2) is 5.82 Å². The molecule has 1 heterocycles. The smallest absolute Gasteiger partial charge is 0.329 e. The summed E-state index contributed by atoms with van der Waals surface area (Å²) in [5.74, 6) is 0.409. The van der Waals surface area contributed by atoms with E-state index in [9.17, 15) is 4.79 Å². The first kappa shape index (κ1) is 14.5. The third kappa shape index (κ3) is 4.36. The Labute approximate surface area is 120 Å². The molecule has 0 unspecified atom stereocenters. The van der Waals surface area contributed by atoms with Gasteiger partial charge in [-0.1, -0.05) is 23.4 Å². The van der Waals surface area contributed by atoms with Gasteiger partial charge in [0, 0.05) is 4.90 Å². The summed E-state index contributed by atoms with van der Waals surface area (Å²) in [5, 5.41) is 12.3. The first-order chi connectivity index (χ1) is 9.65. The highest BCUT2D eigenvalue weighted by Gasteiger charge is 2.08. The van der Waals surface area contributed by atoms with E-state index in [1.54, 1.807) is 11.8 Å². The lowest BCUT2D eigenvalue weighted by Crippen LogP contribution is -2.06. The van der Waals surface area contributed by atoms with E-state index in [0.29, 0.717) is 11.6 Å². The van der Waals surface area contributed by atoms with Gasteiger partial charge in [-0.05, 0) is 18.6 Å². The van der Waals surface area contributed by atoms with Crippen LogP contribution in [-0.2, 0) is 21.9 Å². The predicted molar refractivity (Wildman–Crippen MR) is 72.3 cm³/mol. The number of aromatic nitrogens is 2. The summed E-state index contributed by atoms with van der Waals surface area (Å²) in [6.07, 6.45) is 0. The van der Waals surface area contributed by atoms with Gasteiger partial charge in [0.1, 0.15) is 13.2 Å². The van der Waals surface area contributed by atoms with Crippen LogP contribution in [0.5, 0.6) is 0 Å². The Hall–Kier alpha value is -1.86. The highest BCUT2D eigenvalue weighted by Crippen LogP contribution is 2.24. The summed E-state index contributed by atoms with van der Waals surface area (Å²) in [6, 6.07) is 8.06. The maximum atomic E-state index is 10.3. The highest BCUT2D eigenvalue weighted by atomic mass is 32.2. The third-order valence-corrected chi connectivity index (χ3v) is 3.58. The molecular formula is C13H14N2O4S. The number of carbonyl (C=O) groups is 1. The largest absolute Gasteiger partial charge is 0.480 e. The second-order valence-corrected chi connectivity index (χ2v) is 5.06. The van der Waals surface area contributed by atoms with Crippen LogP contribution in [0, 0.1) is 6.92 Å². The minimum absolute atomic E-state index is 0.00827. The minimum Gasteiger partial charge on any atom is -0.480 e. The Balaban J connectivity index is 1.84. The Morgan fingerprint density at radius 2 is 2.25 bits per heavy atom. The van der Waals surface area contributed by atoms with Crippen molar-refractivity contribution in [2.75, 3.05) is 6.61 Å². The number of thioether (sulfide) groups is 1. The van der Waals surface area contributed by atoms with Crippen molar-refractivity contribution in [1.29, 1.82) is 0 Å². The van der Waals surface area contributed by atoms with E-state index in [1.165, 1.54) is 10.5 Å². The number of aliphatic carboxylic acids is 1. The zero-order chi connectivity index (χ0) is 14.4. The Bertz CT molecular complexity index is 585. The second kappa shape index (κ2) is 7.06. The fraction of sp³-hybridized carbons (Fsp3) is 0.308. The molecule has 0 radical (unpaired) electrons. The van der Waals surface area contributed by atoms with Crippen molar-refractivity contribution in [3.05, 3.63) is 41.5 Å². The average molecular weight is 294 g/mol. The van der Waals surface area contributed by atoms with Crippen LogP contribution in [0.4, 0.5) is 0 Å². The van der Waals surface area contributed by atoms with E-state index < -0.39 is 5.97 Å². The summed E-state index contributed by atoms with van der Waals surface area (Å²) in [7, 11) is 0. The summed E-state index contributed by atoms with van der Waals surface area (Å²) in [5.41, 5.74) is 1.20. The minimum atomic E-state index is -1.03. The molecule has 2 aromatic rings. The van der Waals surface area contributed by atoms with Gasteiger partial charge in [0.2, 0.25) is 0 Å². The van der Waals surface area contributed by atoms with E-state index >= 15 is 0 Å². The molecule has 0 saturated heterocycles. The normalized spacial score (nSPS) is 10.7. The zero-order valence-electron chi connectivity index (χ0n) is 10.9. The van der Waals surface area contributed by atoms with Crippen LogP contribution in [0.1, 0.15) is 17.3 Å².